The predicted molar refractivity (Wildman–Crippen MR) is 85.3 cm³/mol. The average molecular weight is 283 g/mol. The van der Waals surface area contributed by atoms with E-state index in [-0.39, 0.29) is 11.9 Å². The SMILES string of the molecule is Cc1cccnc1CNC(=O)c1ccccc1NC(C)C. The lowest BCUT2D eigenvalue weighted by Crippen LogP contribution is -2.25. The first-order valence-corrected chi connectivity index (χ1v) is 7.12. The summed E-state index contributed by atoms with van der Waals surface area (Å²) in [4.78, 5) is 16.6. The summed E-state index contributed by atoms with van der Waals surface area (Å²) >= 11 is 0. The quantitative estimate of drug-likeness (QED) is 0.886. The summed E-state index contributed by atoms with van der Waals surface area (Å²) in [5.41, 5.74) is 3.47. The molecule has 21 heavy (non-hydrogen) atoms. The van der Waals surface area contributed by atoms with Crippen molar-refractivity contribution in [2.75, 3.05) is 5.32 Å². The van der Waals surface area contributed by atoms with E-state index in [2.05, 4.69) is 15.6 Å². The van der Waals surface area contributed by atoms with Crippen LogP contribution in [0, 0.1) is 6.92 Å². The molecule has 2 aromatic rings. The second-order valence-corrected chi connectivity index (χ2v) is 5.29. The number of amides is 1. The van der Waals surface area contributed by atoms with Gasteiger partial charge >= 0.3 is 0 Å². The molecule has 0 bridgehead atoms. The molecule has 1 amide bonds. The molecule has 4 nitrogen and oxygen atoms in total. The molecule has 2 N–H and O–H groups in total. The fourth-order valence-corrected chi connectivity index (χ4v) is 2.08. The molecular weight excluding hydrogens is 262 g/mol. The van der Waals surface area contributed by atoms with E-state index in [4.69, 9.17) is 0 Å². The van der Waals surface area contributed by atoms with Gasteiger partial charge in [-0.05, 0) is 44.5 Å². The molecular formula is C17H21N3O. The Labute approximate surface area is 125 Å². The molecule has 0 unspecified atom stereocenters. The highest BCUT2D eigenvalue weighted by Crippen LogP contribution is 2.16. The number of aryl methyl sites for hydroxylation is 1. The van der Waals surface area contributed by atoms with Gasteiger partial charge in [0.25, 0.3) is 5.91 Å². The number of rotatable bonds is 5. The number of carbonyl (C=O) groups excluding carboxylic acids is 1. The summed E-state index contributed by atoms with van der Waals surface area (Å²) in [6, 6.07) is 11.7. The maximum Gasteiger partial charge on any atom is 0.253 e. The van der Waals surface area contributed by atoms with Crippen molar-refractivity contribution in [3.05, 3.63) is 59.4 Å². The molecule has 0 atom stereocenters. The smallest absolute Gasteiger partial charge is 0.253 e. The number of hydrogen-bond donors (Lipinski definition) is 2. The van der Waals surface area contributed by atoms with Crippen LogP contribution in [0.4, 0.5) is 5.69 Å². The predicted octanol–water partition coefficient (Wildman–Crippen LogP) is 3.14. The molecule has 0 saturated heterocycles. The van der Waals surface area contributed by atoms with Crippen LogP contribution in [-0.2, 0) is 6.54 Å². The molecule has 1 aromatic heterocycles. The first-order chi connectivity index (χ1) is 10.1. The molecule has 0 fully saturated rings. The van der Waals surface area contributed by atoms with E-state index in [9.17, 15) is 4.79 Å². The first kappa shape index (κ1) is 15.0. The lowest BCUT2D eigenvalue weighted by molar-refractivity contribution is 0.0951. The van der Waals surface area contributed by atoms with Crippen molar-refractivity contribution in [1.29, 1.82) is 0 Å². The highest BCUT2D eigenvalue weighted by Gasteiger charge is 2.11. The van der Waals surface area contributed by atoms with Crippen LogP contribution in [0.2, 0.25) is 0 Å². The molecule has 0 spiro atoms. The van der Waals surface area contributed by atoms with Gasteiger partial charge in [0.05, 0.1) is 17.8 Å². The number of nitrogens with zero attached hydrogens (tertiary/aromatic N) is 1. The zero-order chi connectivity index (χ0) is 15.2. The van der Waals surface area contributed by atoms with E-state index in [1.54, 1.807) is 6.20 Å². The summed E-state index contributed by atoms with van der Waals surface area (Å²) in [5, 5.41) is 6.22. The van der Waals surface area contributed by atoms with Crippen molar-refractivity contribution < 1.29 is 4.79 Å². The summed E-state index contributed by atoms with van der Waals surface area (Å²) < 4.78 is 0. The van der Waals surface area contributed by atoms with Crippen LogP contribution in [0.15, 0.2) is 42.6 Å². The second kappa shape index (κ2) is 6.88. The standard InChI is InChI=1S/C17H21N3O/c1-12(2)20-15-9-5-4-8-14(15)17(21)19-11-16-13(3)7-6-10-18-16/h4-10,12,20H,11H2,1-3H3,(H,19,21). The largest absolute Gasteiger partial charge is 0.382 e. The van der Waals surface area contributed by atoms with Gasteiger partial charge in [0.2, 0.25) is 0 Å². The Hall–Kier alpha value is -2.36. The van der Waals surface area contributed by atoms with Gasteiger partial charge in [-0.1, -0.05) is 18.2 Å². The monoisotopic (exact) mass is 283 g/mol. The van der Waals surface area contributed by atoms with Crippen LogP contribution >= 0.6 is 0 Å². The van der Waals surface area contributed by atoms with Crippen LogP contribution in [0.3, 0.4) is 0 Å². The van der Waals surface area contributed by atoms with E-state index in [0.717, 1.165) is 16.9 Å². The van der Waals surface area contributed by atoms with E-state index in [1.165, 1.54) is 0 Å². The number of para-hydroxylation sites is 1. The van der Waals surface area contributed by atoms with Gasteiger partial charge in [0, 0.05) is 17.9 Å². The maximum atomic E-state index is 12.4. The molecule has 1 heterocycles. The zero-order valence-corrected chi connectivity index (χ0v) is 12.7. The van der Waals surface area contributed by atoms with Crippen LogP contribution in [0.5, 0.6) is 0 Å². The molecule has 0 aliphatic rings. The highest BCUT2D eigenvalue weighted by molar-refractivity contribution is 5.99. The molecule has 110 valence electrons. The molecule has 1 aromatic carbocycles. The molecule has 0 radical (unpaired) electrons. The van der Waals surface area contributed by atoms with Crippen LogP contribution in [-0.4, -0.2) is 16.9 Å². The van der Waals surface area contributed by atoms with E-state index in [0.29, 0.717) is 12.1 Å². The molecule has 0 aliphatic carbocycles. The third-order valence-electron chi connectivity index (χ3n) is 3.15. The van der Waals surface area contributed by atoms with Crippen molar-refractivity contribution in [2.45, 2.75) is 33.4 Å². The normalized spacial score (nSPS) is 10.5. The van der Waals surface area contributed by atoms with Gasteiger partial charge in [-0.3, -0.25) is 9.78 Å². The highest BCUT2D eigenvalue weighted by atomic mass is 16.1. The van der Waals surface area contributed by atoms with E-state index in [1.807, 2.05) is 57.2 Å². The number of nitrogens with one attached hydrogen (secondary N) is 2. The molecule has 2 rings (SSSR count). The van der Waals surface area contributed by atoms with Crippen molar-refractivity contribution in [2.24, 2.45) is 0 Å². The Balaban J connectivity index is 2.09. The number of hydrogen-bond acceptors (Lipinski definition) is 3. The fourth-order valence-electron chi connectivity index (χ4n) is 2.08. The Morgan fingerprint density at radius 3 is 2.67 bits per heavy atom. The lowest BCUT2D eigenvalue weighted by Gasteiger charge is -2.14. The van der Waals surface area contributed by atoms with E-state index < -0.39 is 0 Å². The number of carbonyl (C=O) groups is 1. The minimum Gasteiger partial charge on any atom is -0.382 e. The average Bonchev–Trinajstić information content (AvgIpc) is 2.46. The van der Waals surface area contributed by atoms with Crippen LogP contribution in [0.1, 0.15) is 35.5 Å². The topological polar surface area (TPSA) is 54.0 Å². The summed E-state index contributed by atoms with van der Waals surface area (Å²) in [6.45, 7) is 6.52. The number of anilines is 1. The van der Waals surface area contributed by atoms with Gasteiger partial charge in [-0.25, -0.2) is 0 Å². The van der Waals surface area contributed by atoms with Crippen molar-refractivity contribution >= 4 is 11.6 Å². The summed E-state index contributed by atoms with van der Waals surface area (Å²) in [7, 11) is 0. The molecule has 4 heteroatoms. The van der Waals surface area contributed by atoms with Gasteiger partial charge in [-0.15, -0.1) is 0 Å². The van der Waals surface area contributed by atoms with Gasteiger partial charge < -0.3 is 10.6 Å². The second-order valence-electron chi connectivity index (χ2n) is 5.29. The molecule has 0 aliphatic heterocycles. The molecule has 0 saturated carbocycles. The van der Waals surface area contributed by atoms with Crippen molar-refractivity contribution in [3.63, 3.8) is 0 Å². The fraction of sp³-hybridized carbons (Fsp3) is 0.294. The van der Waals surface area contributed by atoms with E-state index >= 15 is 0 Å². The minimum absolute atomic E-state index is 0.0937. The first-order valence-electron chi connectivity index (χ1n) is 7.12. The number of benzene rings is 1. The summed E-state index contributed by atoms with van der Waals surface area (Å²) in [6.07, 6.45) is 1.74. The minimum atomic E-state index is -0.0937. The maximum absolute atomic E-state index is 12.4. The Kier molecular flexibility index (Phi) is 4.93. The van der Waals surface area contributed by atoms with Crippen molar-refractivity contribution in [3.8, 4) is 0 Å². The summed E-state index contributed by atoms with van der Waals surface area (Å²) in [5.74, 6) is -0.0937. The Morgan fingerprint density at radius 1 is 1.19 bits per heavy atom. The van der Waals surface area contributed by atoms with Crippen LogP contribution in [0.25, 0.3) is 0 Å². The van der Waals surface area contributed by atoms with Crippen molar-refractivity contribution in [1.82, 2.24) is 10.3 Å². The third kappa shape index (κ3) is 4.05. The van der Waals surface area contributed by atoms with Gasteiger partial charge in [0.1, 0.15) is 0 Å². The van der Waals surface area contributed by atoms with Crippen LogP contribution < -0.4 is 10.6 Å². The third-order valence-corrected chi connectivity index (χ3v) is 3.15. The zero-order valence-electron chi connectivity index (χ0n) is 12.7. The lowest BCUT2D eigenvalue weighted by atomic mass is 10.1. The Morgan fingerprint density at radius 2 is 1.95 bits per heavy atom. The van der Waals surface area contributed by atoms with Gasteiger partial charge in [-0.2, -0.15) is 0 Å². The number of aromatic nitrogens is 1. The van der Waals surface area contributed by atoms with Gasteiger partial charge in [0.15, 0.2) is 0 Å². The number of pyridine rings is 1. The Bertz CT molecular complexity index is 623.